The number of amides is 1. The number of halogens is 1. The Morgan fingerprint density at radius 3 is 2.57 bits per heavy atom. The third kappa shape index (κ3) is 8.24. The highest BCUT2D eigenvalue weighted by atomic mass is 127. The lowest BCUT2D eigenvalue weighted by atomic mass is 9.85. The normalized spacial score (nSPS) is 13.9. The molecule has 0 aliphatic heterocycles. The molecule has 6 nitrogen and oxygen atoms in total. The number of ether oxygens (including phenoxy) is 1. The smallest absolute Gasteiger partial charge is 0.223 e. The molecule has 3 N–H and O–H groups in total. The van der Waals surface area contributed by atoms with E-state index < -0.39 is 0 Å². The van der Waals surface area contributed by atoms with Gasteiger partial charge >= 0.3 is 0 Å². The van der Waals surface area contributed by atoms with Crippen molar-refractivity contribution in [3.63, 3.8) is 0 Å². The summed E-state index contributed by atoms with van der Waals surface area (Å²) < 4.78 is 5.73. The van der Waals surface area contributed by atoms with Crippen LogP contribution in [0.1, 0.15) is 50.7 Å². The SMILES string of the molecule is CCNC(=NCc1ccc(C)cc1OCC)NCCCNC(=O)C1CCC1.I. The summed E-state index contributed by atoms with van der Waals surface area (Å²) in [5.41, 5.74) is 2.26. The van der Waals surface area contributed by atoms with Gasteiger partial charge in [-0.15, -0.1) is 24.0 Å². The molecule has 158 valence electrons. The Kier molecular flexibility index (Phi) is 11.9. The van der Waals surface area contributed by atoms with Crippen molar-refractivity contribution in [3.05, 3.63) is 29.3 Å². The molecule has 1 aliphatic carbocycles. The predicted octanol–water partition coefficient (Wildman–Crippen LogP) is 3.37. The van der Waals surface area contributed by atoms with Crippen LogP contribution in [0.25, 0.3) is 0 Å². The van der Waals surface area contributed by atoms with E-state index in [2.05, 4.69) is 46.1 Å². The number of carbonyl (C=O) groups is 1. The van der Waals surface area contributed by atoms with Crippen LogP contribution in [0.2, 0.25) is 0 Å². The molecule has 1 saturated carbocycles. The molecule has 0 bridgehead atoms. The quantitative estimate of drug-likeness (QED) is 0.199. The number of carbonyl (C=O) groups excluding carboxylic acids is 1. The van der Waals surface area contributed by atoms with Gasteiger partial charge in [0.25, 0.3) is 0 Å². The Morgan fingerprint density at radius 1 is 1.18 bits per heavy atom. The highest BCUT2D eigenvalue weighted by molar-refractivity contribution is 14.0. The molecule has 0 saturated heterocycles. The van der Waals surface area contributed by atoms with Crippen molar-refractivity contribution in [2.75, 3.05) is 26.2 Å². The van der Waals surface area contributed by atoms with Gasteiger partial charge in [-0.25, -0.2) is 4.99 Å². The van der Waals surface area contributed by atoms with Crippen molar-refractivity contribution in [1.29, 1.82) is 0 Å². The summed E-state index contributed by atoms with van der Waals surface area (Å²) in [5.74, 6) is 2.15. The summed E-state index contributed by atoms with van der Waals surface area (Å²) in [4.78, 5) is 16.5. The summed E-state index contributed by atoms with van der Waals surface area (Å²) >= 11 is 0. The average Bonchev–Trinajstić information content (AvgIpc) is 2.59. The summed E-state index contributed by atoms with van der Waals surface area (Å²) in [6, 6.07) is 6.21. The highest BCUT2D eigenvalue weighted by Crippen LogP contribution is 2.26. The maximum Gasteiger partial charge on any atom is 0.223 e. The highest BCUT2D eigenvalue weighted by Gasteiger charge is 2.24. The van der Waals surface area contributed by atoms with Gasteiger partial charge < -0.3 is 20.7 Å². The van der Waals surface area contributed by atoms with Gasteiger partial charge in [-0.05, 0) is 51.7 Å². The molecule has 2 rings (SSSR count). The van der Waals surface area contributed by atoms with Gasteiger partial charge in [0.05, 0.1) is 13.2 Å². The first-order valence-electron chi connectivity index (χ1n) is 10.2. The van der Waals surface area contributed by atoms with Crippen molar-refractivity contribution in [1.82, 2.24) is 16.0 Å². The molecule has 7 heteroatoms. The minimum Gasteiger partial charge on any atom is -0.494 e. The maximum atomic E-state index is 11.8. The van der Waals surface area contributed by atoms with E-state index in [1.165, 1.54) is 12.0 Å². The van der Waals surface area contributed by atoms with E-state index in [9.17, 15) is 4.79 Å². The number of hydrogen-bond donors (Lipinski definition) is 3. The third-order valence-electron chi connectivity index (χ3n) is 4.70. The van der Waals surface area contributed by atoms with Gasteiger partial charge in [0.2, 0.25) is 5.91 Å². The van der Waals surface area contributed by atoms with Gasteiger partial charge in [-0.1, -0.05) is 18.6 Å². The van der Waals surface area contributed by atoms with Gasteiger partial charge in [0.1, 0.15) is 5.75 Å². The van der Waals surface area contributed by atoms with Crippen molar-refractivity contribution >= 4 is 35.8 Å². The molecule has 0 spiro atoms. The van der Waals surface area contributed by atoms with Crippen molar-refractivity contribution < 1.29 is 9.53 Å². The molecule has 0 unspecified atom stereocenters. The molecular weight excluding hydrogens is 467 g/mol. The standard InChI is InChI=1S/C21H34N4O2.HI/c1-4-22-21(24-13-7-12-23-20(26)17-8-6-9-17)25-15-18-11-10-16(3)14-19(18)27-5-2;/h10-11,14,17H,4-9,12-13,15H2,1-3H3,(H,23,26)(H2,22,24,25);1H. The second kappa shape index (κ2) is 13.6. The van der Waals surface area contributed by atoms with Crippen LogP contribution < -0.4 is 20.7 Å². The zero-order valence-electron chi connectivity index (χ0n) is 17.3. The molecular formula is C21H35IN4O2. The van der Waals surface area contributed by atoms with E-state index >= 15 is 0 Å². The zero-order valence-corrected chi connectivity index (χ0v) is 19.7. The third-order valence-corrected chi connectivity index (χ3v) is 4.70. The summed E-state index contributed by atoms with van der Waals surface area (Å²) in [7, 11) is 0. The second-order valence-corrected chi connectivity index (χ2v) is 6.94. The molecule has 1 fully saturated rings. The molecule has 0 radical (unpaired) electrons. The van der Waals surface area contributed by atoms with Crippen LogP contribution in [0.4, 0.5) is 0 Å². The Bertz CT molecular complexity index is 633. The lowest BCUT2D eigenvalue weighted by molar-refractivity contribution is -0.127. The van der Waals surface area contributed by atoms with Gasteiger partial charge in [-0.2, -0.15) is 0 Å². The van der Waals surface area contributed by atoms with Crippen molar-refractivity contribution in [2.24, 2.45) is 10.9 Å². The van der Waals surface area contributed by atoms with Crippen LogP contribution in [0.3, 0.4) is 0 Å². The summed E-state index contributed by atoms with van der Waals surface area (Å²) in [6.07, 6.45) is 4.15. The largest absolute Gasteiger partial charge is 0.494 e. The molecule has 1 aliphatic rings. The number of aliphatic imine (C=N–C) groups is 1. The number of guanidine groups is 1. The van der Waals surface area contributed by atoms with Crippen molar-refractivity contribution in [3.8, 4) is 5.75 Å². The first kappa shape index (κ1) is 24.5. The van der Waals surface area contributed by atoms with E-state index in [1.807, 2.05) is 13.8 Å². The fourth-order valence-corrected chi connectivity index (χ4v) is 2.91. The minimum atomic E-state index is 0. The number of hydrogen-bond acceptors (Lipinski definition) is 3. The topological polar surface area (TPSA) is 74.8 Å². The van der Waals surface area contributed by atoms with E-state index in [1.54, 1.807) is 0 Å². The van der Waals surface area contributed by atoms with Crippen LogP contribution in [-0.2, 0) is 11.3 Å². The van der Waals surface area contributed by atoms with Gasteiger partial charge in [0.15, 0.2) is 5.96 Å². The second-order valence-electron chi connectivity index (χ2n) is 6.94. The number of rotatable bonds is 10. The predicted molar refractivity (Wildman–Crippen MR) is 126 cm³/mol. The lowest BCUT2D eigenvalue weighted by Gasteiger charge is -2.24. The molecule has 1 amide bonds. The van der Waals surface area contributed by atoms with Gasteiger partial charge in [-0.3, -0.25) is 4.79 Å². The fourth-order valence-electron chi connectivity index (χ4n) is 2.91. The first-order chi connectivity index (χ1) is 13.1. The van der Waals surface area contributed by atoms with Crippen LogP contribution in [0.5, 0.6) is 5.75 Å². The zero-order chi connectivity index (χ0) is 19.5. The van der Waals surface area contributed by atoms with Crippen molar-refractivity contribution in [2.45, 2.75) is 53.0 Å². The molecule has 1 aromatic carbocycles. The van der Waals surface area contributed by atoms with Crippen LogP contribution in [0.15, 0.2) is 23.2 Å². The van der Waals surface area contributed by atoms with Gasteiger partial charge in [0, 0.05) is 31.1 Å². The number of nitrogens with one attached hydrogen (secondary N) is 3. The monoisotopic (exact) mass is 502 g/mol. The van der Waals surface area contributed by atoms with Crippen LogP contribution in [0, 0.1) is 12.8 Å². The number of nitrogens with zero attached hydrogens (tertiary/aromatic N) is 1. The minimum absolute atomic E-state index is 0. The molecule has 1 aromatic rings. The van der Waals surface area contributed by atoms with E-state index in [0.717, 1.165) is 49.6 Å². The van der Waals surface area contributed by atoms with E-state index in [4.69, 9.17) is 4.74 Å². The molecule has 0 aromatic heterocycles. The first-order valence-corrected chi connectivity index (χ1v) is 10.2. The molecule has 0 heterocycles. The average molecular weight is 502 g/mol. The number of aryl methyl sites for hydroxylation is 1. The van der Waals surface area contributed by atoms with E-state index in [0.29, 0.717) is 19.7 Å². The number of benzene rings is 1. The van der Waals surface area contributed by atoms with E-state index in [-0.39, 0.29) is 35.8 Å². The van der Waals surface area contributed by atoms with Crippen LogP contribution in [-0.4, -0.2) is 38.1 Å². The molecule has 0 atom stereocenters. The Hall–Kier alpha value is -1.51. The van der Waals surface area contributed by atoms with Crippen LogP contribution >= 0.6 is 24.0 Å². The lowest BCUT2D eigenvalue weighted by Crippen LogP contribution is -2.39. The summed E-state index contributed by atoms with van der Waals surface area (Å²) in [6.45, 7) is 9.57. The molecule has 28 heavy (non-hydrogen) atoms. The Morgan fingerprint density at radius 2 is 1.93 bits per heavy atom. The fraction of sp³-hybridized carbons (Fsp3) is 0.619. The maximum absolute atomic E-state index is 11.8. The summed E-state index contributed by atoms with van der Waals surface area (Å²) in [5, 5.41) is 9.61. The Balaban J connectivity index is 0.00000392. The Labute approximate surface area is 186 Å².